The third-order valence-electron chi connectivity index (χ3n) is 12.1. The SMILES string of the molecule is c1cc(-c2cnc3c4ccccc4c4ccccc4c3n2)cc(-c2ccc(-c3ccc(-c4ccc(-n5c6ccccc6c6ccccc65)cc4)cc3)c3ccccc23)c1. The molecule has 0 amide bonds. The molecule has 0 aliphatic carbocycles. The first-order valence-electron chi connectivity index (χ1n) is 20.2. The molecule has 3 nitrogen and oxygen atoms in total. The third-order valence-corrected chi connectivity index (χ3v) is 12.1. The highest BCUT2D eigenvalue weighted by atomic mass is 15.0. The van der Waals surface area contributed by atoms with Crippen LogP contribution in [-0.4, -0.2) is 14.5 Å². The molecule has 0 saturated heterocycles. The van der Waals surface area contributed by atoms with Gasteiger partial charge in [0.2, 0.25) is 0 Å². The zero-order valence-electron chi connectivity index (χ0n) is 32.0. The maximum atomic E-state index is 5.28. The second-order valence-electron chi connectivity index (χ2n) is 15.3. The Labute approximate surface area is 341 Å². The Morgan fingerprint density at radius 2 is 0.763 bits per heavy atom. The minimum absolute atomic E-state index is 0.863. The molecule has 0 fully saturated rings. The number of fused-ring (bicyclic) bond motifs is 10. The molecule has 0 aliphatic rings. The zero-order valence-corrected chi connectivity index (χ0v) is 32.0. The summed E-state index contributed by atoms with van der Waals surface area (Å²) < 4.78 is 2.36. The van der Waals surface area contributed by atoms with Gasteiger partial charge in [-0.25, -0.2) is 4.98 Å². The molecule has 0 spiro atoms. The van der Waals surface area contributed by atoms with Crippen LogP contribution in [0.3, 0.4) is 0 Å². The Bertz CT molecular complexity index is 3510. The first kappa shape index (κ1) is 33.3. The van der Waals surface area contributed by atoms with E-state index in [9.17, 15) is 0 Å². The van der Waals surface area contributed by atoms with Crippen LogP contribution in [0.5, 0.6) is 0 Å². The largest absolute Gasteiger partial charge is 0.309 e. The molecule has 3 heteroatoms. The lowest BCUT2D eigenvalue weighted by Crippen LogP contribution is -1.93. The van der Waals surface area contributed by atoms with Gasteiger partial charge in [0.1, 0.15) is 0 Å². The predicted molar refractivity (Wildman–Crippen MR) is 248 cm³/mol. The van der Waals surface area contributed by atoms with Crippen LogP contribution in [0.25, 0.3) is 115 Å². The van der Waals surface area contributed by atoms with Crippen LogP contribution >= 0.6 is 0 Å². The summed E-state index contributed by atoms with van der Waals surface area (Å²) in [6, 6.07) is 74.3. The van der Waals surface area contributed by atoms with Crippen LogP contribution < -0.4 is 0 Å². The molecule has 0 saturated carbocycles. The lowest BCUT2D eigenvalue weighted by atomic mass is 9.91. The van der Waals surface area contributed by atoms with Crippen molar-refractivity contribution in [3.8, 4) is 50.3 Å². The molecule has 274 valence electrons. The highest BCUT2D eigenvalue weighted by Crippen LogP contribution is 2.39. The molecule has 2 aromatic heterocycles. The summed E-state index contributed by atoms with van der Waals surface area (Å²) in [5.74, 6) is 0. The Kier molecular flexibility index (Phi) is 7.54. The van der Waals surface area contributed by atoms with Gasteiger partial charge in [0.15, 0.2) is 0 Å². The van der Waals surface area contributed by atoms with Gasteiger partial charge < -0.3 is 4.57 Å². The van der Waals surface area contributed by atoms with Crippen LogP contribution in [0.15, 0.2) is 212 Å². The molecule has 0 radical (unpaired) electrons. The van der Waals surface area contributed by atoms with Crippen molar-refractivity contribution in [3.05, 3.63) is 212 Å². The molecule has 0 aliphatic heterocycles. The Hall–Kier alpha value is -7.88. The van der Waals surface area contributed by atoms with Gasteiger partial charge >= 0.3 is 0 Å². The molecular formula is C56H35N3. The lowest BCUT2D eigenvalue weighted by Gasteiger charge is -2.14. The third kappa shape index (κ3) is 5.36. The summed E-state index contributed by atoms with van der Waals surface area (Å²) >= 11 is 0. The van der Waals surface area contributed by atoms with Crippen molar-refractivity contribution in [3.63, 3.8) is 0 Å². The first-order chi connectivity index (χ1) is 29.3. The minimum Gasteiger partial charge on any atom is -0.309 e. The van der Waals surface area contributed by atoms with Crippen LogP contribution in [0, 0.1) is 0 Å². The molecule has 0 bridgehead atoms. The van der Waals surface area contributed by atoms with E-state index in [-0.39, 0.29) is 0 Å². The average Bonchev–Trinajstić information content (AvgIpc) is 3.66. The van der Waals surface area contributed by atoms with E-state index in [2.05, 4.69) is 211 Å². The molecule has 59 heavy (non-hydrogen) atoms. The van der Waals surface area contributed by atoms with Crippen LogP contribution in [-0.2, 0) is 0 Å². The fraction of sp³-hybridized carbons (Fsp3) is 0. The van der Waals surface area contributed by atoms with E-state index in [1.807, 2.05) is 6.20 Å². The summed E-state index contributed by atoms with van der Waals surface area (Å²) in [5, 5.41) is 9.63. The summed E-state index contributed by atoms with van der Waals surface area (Å²) in [4.78, 5) is 10.3. The number of benzene rings is 10. The quantitative estimate of drug-likeness (QED) is 0.164. The molecular weight excluding hydrogens is 715 g/mol. The topological polar surface area (TPSA) is 30.7 Å². The number of hydrogen-bond acceptors (Lipinski definition) is 2. The van der Waals surface area contributed by atoms with Crippen LogP contribution in [0.2, 0.25) is 0 Å². The van der Waals surface area contributed by atoms with Gasteiger partial charge in [0.25, 0.3) is 0 Å². The average molecular weight is 750 g/mol. The van der Waals surface area contributed by atoms with E-state index >= 15 is 0 Å². The number of rotatable bonds is 5. The first-order valence-corrected chi connectivity index (χ1v) is 20.2. The summed E-state index contributed by atoms with van der Waals surface area (Å²) in [5.41, 5.74) is 14.5. The van der Waals surface area contributed by atoms with Gasteiger partial charge in [-0.05, 0) is 85.3 Å². The van der Waals surface area contributed by atoms with E-state index < -0.39 is 0 Å². The van der Waals surface area contributed by atoms with E-state index in [1.165, 1.54) is 71.2 Å². The number of aromatic nitrogens is 3. The molecule has 10 aromatic carbocycles. The van der Waals surface area contributed by atoms with E-state index in [0.717, 1.165) is 44.3 Å². The molecule has 12 rings (SSSR count). The molecule has 12 aromatic rings. The van der Waals surface area contributed by atoms with Crippen LogP contribution in [0.1, 0.15) is 0 Å². The van der Waals surface area contributed by atoms with E-state index in [1.54, 1.807) is 0 Å². The highest BCUT2D eigenvalue weighted by molar-refractivity contribution is 6.23. The Morgan fingerprint density at radius 1 is 0.305 bits per heavy atom. The fourth-order valence-electron chi connectivity index (χ4n) is 9.26. The van der Waals surface area contributed by atoms with Crippen molar-refractivity contribution >= 4 is 65.2 Å². The van der Waals surface area contributed by atoms with Crippen molar-refractivity contribution in [2.24, 2.45) is 0 Å². The van der Waals surface area contributed by atoms with Crippen molar-refractivity contribution in [2.45, 2.75) is 0 Å². The highest BCUT2D eigenvalue weighted by Gasteiger charge is 2.15. The second-order valence-corrected chi connectivity index (χ2v) is 15.3. The van der Waals surface area contributed by atoms with E-state index in [0.29, 0.717) is 0 Å². The van der Waals surface area contributed by atoms with E-state index in [4.69, 9.17) is 9.97 Å². The van der Waals surface area contributed by atoms with Gasteiger partial charge in [0.05, 0.1) is 34.0 Å². The normalized spacial score (nSPS) is 11.7. The fourth-order valence-corrected chi connectivity index (χ4v) is 9.26. The zero-order chi connectivity index (χ0) is 38.9. The molecule has 0 unspecified atom stereocenters. The minimum atomic E-state index is 0.863. The van der Waals surface area contributed by atoms with Crippen LogP contribution in [0.4, 0.5) is 0 Å². The Balaban J connectivity index is 0.878. The second kappa shape index (κ2) is 13.4. The van der Waals surface area contributed by atoms with Crippen molar-refractivity contribution in [1.29, 1.82) is 0 Å². The van der Waals surface area contributed by atoms with Gasteiger partial charge in [-0.1, -0.05) is 176 Å². The summed E-state index contributed by atoms with van der Waals surface area (Å²) in [6.45, 7) is 0. The smallest absolute Gasteiger partial charge is 0.0979 e. The summed E-state index contributed by atoms with van der Waals surface area (Å²) in [6.07, 6.45) is 1.92. The number of hydrogen-bond donors (Lipinski definition) is 0. The lowest BCUT2D eigenvalue weighted by molar-refractivity contribution is 1.18. The molecule has 0 atom stereocenters. The van der Waals surface area contributed by atoms with Gasteiger partial charge in [-0.2, -0.15) is 0 Å². The predicted octanol–water partition coefficient (Wildman–Crippen LogP) is 14.9. The van der Waals surface area contributed by atoms with Gasteiger partial charge in [-0.15, -0.1) is 0 Å². The monoisotopic (exact) mass is 749 g/mol. The van der Waals surface area contributed by atoms with Crippen molar-refractivity contribution < 1.29 is 0 Å². The number of para-hydroxylation sites is 2. The Morgan fingerprint density at radius 3 is 1.37 bits per heavy atom. The van der Waals surface area contributed by atoms with Crippen molar-refractivity contribution in [1.82, 2.24) is 14.5 Å². The maximum Gasteiger partial charge on any atom is 0.0979 e. The summed E-state index contributed by atoms with van der Waals surface area (Å²) in [7, 11) is 0. The maximum absolute atomic E-state index is 5.28. The van der Waals surface area contributed by atoms with Gasteiger partial charge in [0, 0.05) is 32.8 Å². The number of nitrogens with zero attached hydrogens (tertiary/aromatic N) is 3. The van der Waals surface area contributed by atoms with Gasteiger partial charge in [-0.3, -0.25) is 4.98 Å². The molecule has 0 N–H and O–H groups in total. The standard InChI is InChI=1S/C56H35N3/c1-2-15-45-43(39-12-11-13-40(34-39)52-35-57-55-50-20-5-3-16-46(50)47-17-4-6-21-51(47)56(55)58-52)33-32-42(44(45)14-1)38-26-24-36(25-27-38)37-28-30-41(31-29-37)59-53-22-9-7-18-48(53)49-19-8-10-23-54(49)59/h1-35H. The van der Waals surface area contributed by atoms with Crippen molar-refractivity contribution in [2.75, 3.05) is 0 Å². The molecule has 2 heterocycles.